The van der Waals surface area contributed by atoms with E-state index in [0.717, 1.165) is 24.4 Å². The molecule has 0 aromatic heterocycles. The molecule has 0 heterocycles. The minimum Gasteiger partial charge on any atom is -0.378 e. The fourth-order valence-electron chi connectivity index (χ4n) is 4.72. The molecule has 1 nitrogen and oxygen atoms in total. The first-order valence-corrected chi connectivity index (χ1v) is 9.95. The van der Waals surface area contributed by atoms with Gasteiger partial charge in [-0.25, -0.2) is 0 Å². The normalized spacial score (nSPS) is 34.0. The van der Waals surface area contributed by atoms with Crippen LogP contribution < -0.4 is 0 Å². The summed E-state index contributed by atoms with van der Waals surface area (Å²) in [6.45, 7) is 5.62. The summed E-state index contributed by atoms with van der Waals surface area (Å²) in [5.41, 5.74) is 0. The van der Waals surface area contributed by atoms with E-state index in [2.05, 4.69) is 13.8 Å². The van der Waals surface area contributed by atoms with Crippen LogP contribution in [0.25, 0.3) is 0 Å². The summed E-state index contributed by atoms with van der Waals surface area (Å²) in [6, 6.07) is 0. The second-order valence-electron chi connectivity index (χ2n) is 7.70. The lowest BCUT2D eigenvalue weighted by Gasteiger charge is -2.38. The predicted molar refractivity (Wildman–Crippen MR) is 91.6 cm³/mol. The summed E-state index contributed by atoms with van der Waals surface area (Å²) >= 11 is 0. The molecule has 0 amide bonds. The van der Waals surface area contributed by atoms with Crippen LogP contribution >= 0.6 is 0 Å². The molecule has 1 heteroatoms. The standard InChI is InChI=1S/C20H38O/c1-3-5-6-15-21-20-10-7-9-19(16-20)18-13-11-17(8-4-2)12-14-18/h17-20H,3-16H2,1-2H3. The van der Waals surface area contributed by atoms with Gasteiger partial charge in [-0.15, -0.1) is 0 Å². The molecular weight excluding hydrogens is 256 g/mol. The van der Waals surface area contributed by atoms with Gasteiger partial charge in [0.2, 0.25) is 0 Å². The van der Waals surface area contributed by atoms with Gasteiger partial charge in [-0.3, -0.25) is 0 Å². The third-order valence-electron chi connectivity index (χ3n) is 6.02. The van der Waals surface area contributed by atoms with E-state index in [-0.39, 0.29) is 0 Å². The van der Waals surface area contributed by atoms with Gasteiger partial charge in [0, 0.05) is 6.61 Å². The monoisotopic (exact) mass is 294 g/mol. The van der Waals surface area contributed by atoms with Crippen molar-refractivity contribution in [2.24, 2.45) is 17.8 Å². The molecule has 0 spiro atoms. The predicted octanol–water partition coefficient (Wildman–Crippen LogP) is 6.36. The first kappa shape index (κ1) is 17.3. The van der Waals surface area contributed by atoms with Crippen LogP contribution in [0.3, 0.4) is 0 Å². The van der Waals surface area contributed by atoms with Gasteiger partial charge in [0.1, 0.15) is 0 Å². The molecule has 2 rings (SSSR count). The lowest BCUT2D eigenvalue weighted by molar-refractivity contribution is -0.00356. The molecule has 2 aliphatic carbocycles. The third-order valence-corrected chi connectivity index (χ3v) is 6.02. The van der Waals surface area contributed by atoms with Gasteiger partial charge in [-0.05, 0) is 56.3 Å². The zero-order valence-corrected chi connectivity index (χ0v) is 14.6. The van der Waals surface area contributed by atoms with Crippen molar-refractivity contribution in [3.63, 3.8) is 0 Å². The first-order valence-electron chi connectivity index (χ1n) is 9.95. The van der Waals surface area contributed by atoms with Crippen molar-refractivity contribution < 1.29 is 4.74 Å². The summed E-state index contributed by atoms with van der Waals surface area (Å²) in [6.07, 6.45) is 19.0. The molecule has 0 aliphatic heterocycles. The third kappa shape index (κ3) is 5.93. The van der Waals surface area contributed by atoms with Crippen LogP contribution in [0.4, 0.5) is 0 Å². The van der Waals surface area contributed by atoms with Crippen LogP contribution in [-0.4, -0.2) is 12.7 Å². The molecule has 0 N–H and O–H groups in total. The van der Waals surface area contributed by atoms with Gasteiger partial charge in [0.15, 0.2) is 0 Å². The highest BCUT2D eigenvalue weighted by atomic mass is 16.5. The molecule has 0 radical (unpaired) electrons. The molecule has 2 fully saturated rings. The zero-order valence-electron chi connectivity index (χ0n) is 14.6. The number of hydrogen-bond donors (Lipinski definition) is 0. The molecule has 21 heavy (non-hydrogen) atoms. The summed E-state index contributed by atoms with van der Waals surface area (Å²) in [5, 5.41) is 0. The second-order valence-corrected chi connectivity index (χ2v) is 7.70. The van der Waals surface area contributed by atoms with E-state index in [9.17, 15) is 0 Å². The lowest BCUT2D eigenvalue weighted by atomic mass is 9.70. The minimum atomic E-state index is 0.592. The Bertz CT molecular complexity index is 255. The second kappa shape index (κ2) is 9.87. The molecule has 2 aliphatic rings. The molecule has 2 atom stereocenters. The molecule has 2 saturated carbocycles. The molecule has 2 unspecified atom stereocenters. The van der Waals surface area contributed by atoms with Gasteiger partial charge < -0.3 is 4.74 Å². The maximum atomic E-state index is 6.17. The summed E-state index contributed by atoms with van der Waals surface area (Å²) < 4.78 is 6.17. The van der Waals surface area contributed by atoms with E-state index in [0.29, 0.717) is 6.10 Å². The number of rotatable bonds is 8. The molecular formula is C20H38O. The fraction of sp³-hybridized carbons (Fsp3) is 1.00. The Morgan fingerprint density at radius 2 is 1.62 bits per heavy atom. The maximum absolute atomic E-state index is 6.17. The Kier molecular flexibility index (Phi) is 8.14. The summed E-state index contributed by atoms with van der Waals surface area (Å²) in [7, 11) is 0. The van der Waals surface area contributed by atoms with Crippen LogP contribution in [0.2, 0.25) is 0 Å². The molecule has 0 bridgehead atoms. The van der Waals surface area contributed by atoms with E-state index in [1.165, 1.54) is 83.5 Å². The van der Waals surface area contributed by atoms with Crippen LogP contribution in [0.1, 0.15) is 97.3 Å². The van der Waals surface area contributed by atoms with Crippen molar-refractivity contribution in [2.45, 2.75) is 103 Å². The van der Waals surface area contributed by atoms with Gasteiger partial charge in [-0.2, -0.15) is 0 Å². The topological polar surface area (TPSA) is 9.23 Å². The van der Waals surface area contributed by atoms with Gasteiger partial charge in [0.05, 0.1) is 6.10 Å². The van der Waals surface area contributed by atoms with Crippen molar-refractivity contribution in [2.75, 3.05) is 6.61 Å². The fourth-order valence-corrected chi connectivity index (χ4v) is 4.72. The van der Waals surface area contributed by atoms with E-state index < -0.39 is 0 Å². The Balaban J connectivity index is 1.66. The van der Waals surface area contributed by atoms with E-state index >= 15 is 0 Å². The van der Waals surface area contributed by atoms with Crippen molar-refractivity contribution in [3.05, 3.63) is 0 Å². The maximum Gasteiger partial charge on any atom is 0.0577 e. The van der Waals surface area contributed by atoms with Crippen molar-refractivity contribution in [1.82, 2.24) is 0 Å². The SMILES string of the molecule is CCCCCOC1CCCC(C2CCC(CCC)CC2)C1. The van der Waals surface area contributed by atoms with E-state index in [1.807, 2.05) is 0 Å². The average molecular weight is 295 g/mol. The Labute approximate surface area is 133 Å². The molecule has 124 valence electrons. The number of unbranched alkanes of at least 4 members (excludes halogenated alkanes) is 2. The zero-order chi connectivity index (χ0) is 14.9. The van der Waals surface area contributed by atoms with Crippen molar-refractivity contribution in [1.29, 1.82) is 0 Å². The number of hydrogen-bond acceptors (Lipinski definition) is 1. The molecule has 0 aromatic carbocycles. The minimum absolute atomic E-state index is 0.592. The first-order chi connectivity index (χ1) is 10.3. The van der Waals surface area contributed by atoms with Crippen LogP contribution in [0.5, 0.6) is 0 Å². The van der Waals surface area contributed by atoms with Crippen LogP contribution in [0, 0.1) is 17.8 Å². The Morgan fingerprint density at radius 1 is 0.810 bits per heavy atom. The van der Waals surface area contributed by atoms with Gasteiger partial charge in [-0.1, -0.05) is 58.8 Å². The van der Waals surface area contributed by atoms with E-state index in [1.54, 1.807) is 0 Å². The highest BCUT2D eigenvalue weighted by Crippen LogP contribution is 2.41. The number of ether oxygens (including phenoxy) is 1. The summed E-state index contributed by atoms with van der Waals surface area (Å²) in [4.78, 5) is 0. The molecule has 0 saturated heterocycles. The highest BCUT2D eigenvalue weighted by molar-refractivity contribution is 4.82. The smallest absolute Gasteiger partial charge is 0.0577 e. The largest absolute Gasteiger partial charge is 0.378 e. The highest BCUT2D eigenvalue weighted by Gasteiger charge is 2.31. The quantitative estimate of drug-likeness (QED) is 0.473. The van der Waals surface area contributed by atoms with E-state index in [4.69, 9.17) is 4.74 Å². The van der Waals surface area contributed by atoms with Crippen molar-refractivity contribution in [3.8, 4) is 0 Å². The van der Waals surface area contributed by atoms with Gasteiger partial charge >= 0.3 is 0 Å². The lowest BCUT2D eigenvalue weighted by Crippen LogP contribution is -2.30. The van der Waals surface area contributed by atoms with Gasteiger partial charge in [0.25, 0.3) is 0 Å². The molecule has 0 aromatic rings. The van der Waals surface area contributed by atoms with Crippen LogP contribution in [-0.2, 0) is 4.74 Å². The summed E-state index contributed by atoms with van der Waals surface area (Å²) in [5.74, 6) is 3.06. The van der Waals surface area contributed by atoms with Crippen LogP contribution in [0.15, 0.2) is 0 Å². The average Bonchev–Trinajstić information content (AvgIpc) is 2.53. The Hall–Kier alpha value is -0.0400. The van der Waals surface area contributed by atoms with Crippen molar-refractivity contribution >= 4 is 0 Å². The Morgan fingerprint density at radius 3 is 2.33 bits per heavy atom.